The second-order valence-corrected chi connectivity index (χ2v) is 21.1. The first kappa shape index (κ1) is 30.3. The van der Waals surface area contributed by atoms with Gasteiger partial charge in [0, 0.05) is 23.0 Å². The number of fused-ring (bicyclic) bond motifs is 3. The van der Waals surface area contributed by atoms with E-state index in [4.69, 9.17) is 9.97 Å². The Hall–Kier alpha value is -3.70. The molecule has 2 heterocycles. The summed E-state index contributed by atoms with van der Waals surface area (Å²) in [5.74, 6) is 0. The Morgan fingerprint density at radius 2 is 0.864 bits per heavy atom. The van der Waals surface area contributed by atoms with Gasteiger partial charge in [-0.2, -0.15) is 35.4 Å². The summed E-state index contributed by atoms with van der Waals surface area (Å²) in [6.45, 7) is 9.51. The molecular formula is C39H34N2PtSi2. The molecule has 0 aliphatic heterocycles. The number of pyridine rings is 2. The van der Waals surface area contributed by atoms with Crippen LogP contribution in [-0.4, -0.2) is 26.1 Å². The minimum absolute atomic E-state index is 0. The van der Waals surface area contributed by atoms with Crippen LogP contribution in [0.2, 0.25) is 26.2 Å². The fraction of sp³-hybridized carbons (Fsp3) is 0.128. The van der Waals surface area contributed by atoms with Crippen molar-refractivity contribution in [2.24, 2.45) is 0 Å². The van der Waals surface area contributed by atoms with Gasteiger partial charge in [0.15, 0.2) is 0 Å². The van der Waals surface area contributed by atoms with Crippen LogP contribution >= 0.6 is 0 Å². The van der Waals surface area contributed by atoms with Gasteiger partial charge in [-0.1, -0.05) is 99.0 Å². The molecule has 0 unspecified atom stereocenters. The van der Waals surface area contributed by atoms with E-state index in [0.29, 0.717) is 0 Å². The van der Waals surface area contributed by atoms with Crippen LogP contribution in [0.3, 0.4) is 0 Å². The average Bonchev–Trinajstić information content (AvgIpc) is 3.36. The monoisotopic (exact) mass is 781 g/mol. The molecule has 0 fully saturated rings. The third-order valence-corrected chi connectivity index (χ3v) is 15.7. The van der Waals surface area contributed by atoms with Crippen molar-refractivity contribution in [2.45, 2.75) is 31.6 Å². The maximum Gasteiger partial charge on any atom is 2.00 e. The van der Waals surface area contributed by atoms with Gasteiger partial charge in [0.05, 0.1) is 0 Å². The summed E-state index contributed by atoms with van der Waals surface area (Å²) >= 11 is 0. The molecule has 2 aromatic heterocycles. The molecule has 0 N–H and O–H groups in total. The Kier molecular flexibility index (Phi) is 8.04. The van der Waals surface area contributed by atoms with Crippen LogP contribution in [0.1, 0.15) is 22.3 Å². The maximum absolute atomic E-state index is 4.80. The first-order chi connectivity index (χ1) is 20.8. The largest absolute Gasteiger partial charge is 2.00 e. The molecule has 0 saturated heterocycles. The van der Waals surface area contributed by atoms with Crippen LogP contribution in [0.15, 0.2) is 134 Å². The molecule has 4 aromatic carbocycles. The molecule has 1 aliphatic rings. The van der Waals surface area contributed by atoms with E-state index in [1.807, 2.05) is 24.5 Å². The van der Waals surface area contributed by atoms with E-state index in [0.717, 1.165) is 11.1 Å². The van der Waals surface area contributed by atoms with Crippen LogP contribution in [0.4, 0.5) is 0 Å². The van der Waals surface area contributed by atoms with Gasteiger partial charge in [0.2, 0.25) is 0 Å². The average molecular weight is 782 g/mol. The molecular weight excluding hydrogens is 748 g/mol. The van der Waals surface area contributed by atoms with Crippen LogP contribution in [0.25, 0.3) is 11.1 Å². The zero-order valence-corrected chi connectivity index (χ0v) is 29.7. The number of benzene rings is 4. The third kappa shape index (κ3) is 4.72. The quantitative estimate of drug-likeness (QED) is 0.151. The number of aromatic nitrogens is 2. The molecule has 5 heteroatoms. The Morgan fingerprint density at radius 3 is 1.23 bits per heavy atom. The van der Waals surface area contributed by atoms with Crippen molar-refractivity contribution in [3.8, 4) is 11.1 Å². The molecule has 0 atom stereocenters. The Morgan fingerprint density at radius 1 is 0.477 bits per heavy atom. The van der Waals surface area contributed by atoms with E-state index in [1.54, 1.807) is 0 Å². The maximum atomic E-state index is 4.80. The van der Waals surface area contributed by atoms with Gasteiger partial charge < -0.3 is 0 Å². The molecule has 218 valence electrons. The van der Waals surface area contributed by atoms with Crippen molar-refractivity contribution >= 4 is 37.2 Å². The van der Waals surface area contributed by atoms with E-state index in [2.05, 4.69) is 148 Å². The zero-order chi connectivity index (χ0) is 29.7. The van der Waals surface area contributed by atoms with Crippen LogP contribution < -0.4 is 21.0 Å². The van der Waals surface area contributed by atoms with E-state index >= 15 is 0 Å². The van der Waals surface area contributed by atoms with E-state index in [-0.39, 0.29) is 21.1 Å². The van der Waals surface area contributed by atoms with Gasteiger partial charge in [-0.25, -0.2) is 11.1 Å². The number of hydrogen-bond acceptors (Lipinski definition) is 2. The molecule has 0 radical (unpaired) electrons. The second kappa shape index (κ2) is 11.7. The molecule has 1 aliphatic carbocycles. The van der Waals surface area contributed by atoms with Crippen LogP contribution in [-0.2, 0) is 26.5 Å². The van der Waals surface area contributed by atoms with Crippen molar-refractivity contribution in [3.63, 3.8) is 0 Å². The summed E-state index contributed by atoms with van der Waals surface area (Å²) in [5.41, 5.74) is 6.89. The van der Waals surface area contributed by atoms with Crippen molar-refractivity contribution in [2.75, 3.05) is 0 Å². The van der Waals surface area contributed by atoms with E-state index < -0.39 is 21.6 Å². The Labute approximate surface area is 277 Å². The van der Waals surface area contributed by atoms with Gasteiger partial charge >= 0.3 is 21.1 Å². The fourth-order valence-electron chi connectivity index (χ4n) is 6.79. The van der Waals surface area contributed by atoms with Gasteiger partial charge in [-0.05, 0) is 40.8 Å². The molecule has 7 rings (SSSR count). The summed E-state index contributed by atoms with van der Waals surface area (Å²) in [4.78, 5) is 9.60. The molecule has 0 bridgehead atoms. The molecule has 0 saturated carbocycles. The number of nitrogens with zero attached hydrogens (tertiary/aromatic N) is 2. The van der Waals surface area contributed by atoms with Crippen molar-refractivity contribution < 1.29 is 21.1 Å². The minimum atomic E-state index is -2.11. The zero-order valence-electron chi connectivity index (χ0n) is 25.4. The summed E-state index contributed by atoms with van der Waals surface area (Å²) in [6.07, 6.45) is 3.82. The normalized spacial score (nSPS) is 13.5. The fourth-order valence-corrected chi connectivity index (χ4v) is 11.0. The van der Waals surface area contributed by atoms with Crippen molar-refractivity contribution in [1.82, 2.24) is 9.97 Å². The number of hydrogen-bond donors (Lipinski definition) is 0. The molecule has 6 aromatic rings. The Bertz CT molecular complexity index is 1770. The molecule has 0 spiro atoms. The van der Waals surface area contributed by atoms with Gasteiger partial charge in [-0.15, -0.1) is 22.5 Å². The van der Waals surface area contributed by atoms with Crippen LogP contribution in [0, 0.1) is 12.1 Å². The summed E-state index contributed by atoms with van der Waals surface area (Å²) in [7, 11) is -4.22. The standard InChI is InChI=1S/C39H34N2Si2.Pt/c1-42(2,37-19-11-13-25-40-37)31-21-23-35-33(27-31)34-28-32(43(3,4)38-20-12-14-26-41-38)22-24-36(34)39(35,29-15-7-5-8-16-29)30-17-9-6-10-18-30;/h5-26H,1-4H3;/q-2;+2. The van der Waals surface area contributed by atoms with Gasteiger partial charge in [0.25, 0.3) is 0 Å². The van der Waals surface area contributed by atoms with Gasteiger partial charge in [-0.3, -0.25) is 9.97 Å². The van der Waals surface area contributed by atoms with Crippen LogP contribution in [0.5, 0.6) is 0 Å². The topological polar surface area (TPSA) is 25.8 Å². The predicted molar refractivity (Wildman–Crippen MR) is 183 cm³/mol. The molecule has 0 amide bonds. The summed E-state index contributed by atoms with van der Waals surface area (Å²) in [5, 5.41) is 4.85. The smallest absolute Gasteiger partial charge is 0.266 e. The predicted octanol–water partition coefficient (Wildman–Crippen LogP) is 6.08. The second-order valence-electron chi connectivity index (χ2n) is 12.5. The Balaban J connectivity index is 0.00000343. The first-order valence-corrected chi connectivity index (χ1v) is 20.9. The van der Waals surface area contributed by atoms with Crippen molar-refractivity contribution in [3.05, 3.63) is 168 Å². The summed E-state index contributed by atoms with van der Waals surface area (Å²) < 4.78 is 0. The minimum Gasteiger partial charge on any atom is -0.266 e. The van der Waals surface area contributed by atoms with Gasteiger partial charge in [0.1, 0.15) is 16.1 Å². The SMILES string of the molecule is C[Si](C)(c1[c-]c2c(cc1)C(c1ccccc1)(c1ccccc1)c1ccc([Si](C)(C)c3ccccn3)[c-]c1-2)c1ccccn1.[Pt+2]. The molecule has 2 nitrogen and oxygen atoms in total. The molecule has 44 heavy (non-hydrogen) atoms. The number of rotatable bonds is 6. The van der Waals surface area contributed by atoms with E-state index in [9.17, 15) is 0 Å². The van der Waals surface area contributed by atoms with E-state index in [1.165, 1.54) is 43.3 Å². The third-order valence-electron chi connectivity index (χ3n) is 9.32. The summed E-state index contributed by atoms with van der Waals surface area (Å²) in [6, 6.07) is 51.9. The van der Waals surface area contributed by atoms with Crippen molar-refractivity contribution in [1.29, 1.82) is 0 Å². The first-order valence-electron chi connectivity index (χ1n) is 14.9.